The number of aliphatic hydroxyl groups is 1. The molecule has 3 atom stereocenters. The predicted octanol–water partition coefficient (Wildman–Crippen LogP) is 26.9. The molecule has 3 aliphatic heterocycles. The highest BCUT2D eigenvalue weighted by atomic mass is 35.5. The molecule has 19 nitrogen and oxygen atoms in total. The molecule has 4 aliphatic rings. The third kappa shape index (κ3) is 36.1. The van der Waals surface area contributed by atoms with E-state index in [0.29, 0.717) is 77.9 Å². The van der Waals surface area contributed by atoms with Crippen molar-refractivity contribution < 1.29 is 51.6 Å². The van der Waals surface area contributed by atoms with E-state index in [1.165, 1.54) is 17.0 Å². The summed E-state index contributed by atoms with van der Waals surface area (Å²) in [6.45, 7) is 53.3. The molecule has 0 radical (unpaired) electrons. The Kier molecular flexibility index (Phi) is 44.4. The van der Waals surface area contributed by atoms with Gasteiger partial charge in [-0.1, -0.05) is 187 Å². The van der Waals surface area contributed by atoms with Gasteiger partial charge in [0.25, 0.3) is 17.7 Å². The number of aliphatic hydroxyl groups excluding tert-OH is 1. The molecule has 8 aromatic heterocycles. The molecule has 0 spiro atoms. The fourth-order valence-electron chi connectivity index (χ4n) is 14.1. The molecule has 1 saturated carbocycles. The van der Waals surface area contributed by atoms with Gasteiger partial charge in [-0.15, -0.1) is 0 Å². The third-order valence-corrected chi connectivity index (χ3v) is 23.1. The maximum Gasteiger partial charge on any atom is 0.286 e. The van der Waals surface area contributed by atoms with E-state index in [9.17, 15) is 32.7 Å². The lowest BCUT2D eigenvalue weighted by molar-refractivity contribution is -0.120. The van der Waals surface area contributed by atoms with E-state index in [1.54, 1.807) is 56.9 Å². The minimum Gasteiger partial charge on any atom is -0.490 e. The SMILES string of the molecule is CC(C)c1cc(OC2CCC(O)C2)ccn1.CC(C)c1cc2cc(OCC3=CC=NC3)ccc2cn1.CC(C)c1cccc(C(C)(F)F)n1.CC1CCN(C(=O)c2ccnc(C(C)C)c2)C1.CC1CN(C(=O)c2ccnc(C(C)C)c2)C1.CCC(=O)COc1ccc2cnc(C(C)C)cc2c1.COc1cccc(C(C)C)n1.Cc1cccc(C(C)C)c1F.Cc1nc(C(C)C)ccc1Cl. The van der Waals surface area contributed by atoms with Gasteiger partial charge in [0.1, 0.15) is 48.1 Å². The second-order valence-corrected chi connectivity index (χ2v) is 38.1. The maximum atomic E-state index is 13.3. The van der Waals surface area contributed by atoms with Crippen LogP contribution in [0.2, 0.25) is 5.02 Å². The maximum absolute atomic E-state index is 13.3. The molecule has 1 N–H and O–H groups in total. The number of carbonyl (C=O) groups excluding carboxylic acids is 3. The first-order chi connectivity index (χ1) is 63.5. The average molecular weight is 1850 g/mol. The number of benzene rings is 3. The molecule has 2 amide bonds. The van der Waals surface area contributed by atoms with E-state index in [4.69, 9.17) is 30.5 Å². The first-order valence-corrected chi connectivity index (χ1v) is 47.7. The van der Waals surface area contributed by atoms with E-state index in [-0.39, 0.29) is 59.8 Å². The lowest BCUT2D eigenvalue weighted by atomic mass is 10.0. The van der Waals surface area contributed by atoms with Crippen LogP contribution in [0.4, 0.5) is 13.2 Å². The Balaban J connectivity index is 0.000000207. The molecule has 3 aromatic carbocycles. The van der Waals surface area contributed by atoms with E-state index >= 15 is 0 Å². The van der Waals surface area contributed by atoms with Gasteiger partial charge >= 0.3 is 0 Å². The number of hydrogen-bond acceptors (Lipinski definition) is 17. The Bertz CT molecular complexity index is 5590. The Morgan fingerprint density at radius 1 is 0.507 bits per heavy atom. The van der Waals surface area contributed by atoms with Crippen LogP contribution in [0, 0.1) is 31.5 Å². The topological polar surface area (TPSA) is 230 Å². The third-order valence-electron chi connectivity index (χ3n) is 22.7. The van der Waals surface area contributed by atoms with Gasteiger partial charge in [-0.3, -0.25) is 54.3 Å². The van der Waals surface area contributed by atoms with Crippen LogP contribution in [-0.2, 0) is 10.7 Å². The number of aromatic nitrogens is 8. The number of alkyl halides is 2. The molecule has 15 rings (SSSR count). The number of likely N-dealkylation sites (tertiary alicyclic amines) is 2. The smallest absolute Gasteiger partial charge is 0.286 e. The highest BCUT2D eigenvalue weighted by Gasteiger charge is 2.30. The number of halogens is 4. The fourth-order valence-corrected chi connectivity index (χ4v) is 14.2. The van der Waals surface area contributed by atoms with E-state index in [2.05, 4.69) is 180 Å². The zero-order chi connectivity index (χ0) is 98.6. The first-order valence-electron chi connectivity index (χ1n) is 47.3. The number of fused-ring (bicyclic) bond motifs is 2. The van der Waals surface area contributed by atoms with Crippen molar-refractivity contribution in [3.05, 3.63) is 284 Å². The van der Waals surface area contributed by atoms with E-state index in [0.717, 1.165) is 172 Å². The monoisotopic (exact) mass is 1850 g/mol. The Morgan fingerprint density at radius 3 is 1.46 bits per heavy atom. The molecule has 11 aromatic rings. The van der Waals surface area contributed by atoms with Gasteiger partial charge < -0.3 is 33.9 Å². The number of carbonyl (C=O) groups is 3. The number of Topliss-reactive ketones (excluding diaryl/α,β-unsaturated/α-hetero) is 1. The van der Waals surface area contributed by atoms with Crippen LogP contribution in [0.3, 0.4) is 0 Å². The lowest BCUT2D eigenvalue weighted by Crippen LogP contribution is -2.48. The van der Waals surface area contributed by atoms with Crippen molar-refractivity contribution in [1.29, 1.82) is 0 Å². The molecule has 1 aliphatic carbocycles. The van der Waals surface area contributed by atoms with Gasteiger partial charge in [-0.25, -0.2) is 9.37 Å². The zero-order valence-electron chi connectivity index (χ0n) is 83.7. The van der Waals surface area contributed by atoms with Crippen LogP contribution >= 0.6 is 11.6 Å². The molecule has 0 bridgehead atoms. The van der Waals surface area contributed by atoms with Crippen molar-refractivity contribution >= 4 is 57.0 Å². The Labute approximate surface area is 800 Å². The van der Waals surface area contributed by atoms with Crippen LogP contribution in [0.1, 0.15) is 326 Å². The molecule has 2 saturated heterocycles. The van der Waals surface area contributed by atoms with E-state index < -0.39 is 5.92 Å². The minimum absolute atomic E-state index is 0.0532. The average Bonchev–Trinajstić information content (AvgIpc) is 1.02. The molecule has 3 fully saturated rings. The Morgan fingerprint density at radius 2 is 1.00 bits per heavy atom. The molecule has 23 heteroatoms. The van der Waals surface area contributed by atoms with Gasteiger partial charge in [0.15, 0.2) is 5.78 Å². The van der Waals surface area contributed by atoms with Crippen LogP contribution in [0.5, 0.6) is 23.1 Å². The van der Waals surface area contributed by atoms with Crippen LogP contribution in [-0.4, -0.2) is 144 Å². The highest BCUT2D eigenvalue weighted by Crippen LogP contribution is 2.32. The van der Waals surface area contributed by atoms with Gasteiger partial charge in [-0.2, -0.15) is 8.78 Å². The molecule has 11 heterocycles. The van der Waals surface area contributed by atoms with Crippen molar-refractivity contribution in [2.75, 3.05) is 53.0 Å². The van der Waals surface area contributed by atoms with Crippen molar-refractivity contribution in [2.24, 2.45) is 16.8 Å². The number of hydrogen-bond donors (Lipinski definition) is 1. The number of pyridine rings is 8. The fraction of sp³-hybridized carbons (Fsp3) is 0.459. The summed E-state index contributed by atoms with van der Waals surface area (Å²) < 4.78 is 61.1. The number of ketones is 1. The number of rotatable bonds is 22. The van der Waals surface area contributed by atoms with Gasteiger partial charge in [-0.05, 0) is 241 Å². The van der Waals surface area contributed by atoms with Crippen molar-refractivity contribution in [3.8, 4) is 23.1 Å². The minimum atomic E-state index is -2.84. The number of nitrogens with zero attached hydrogens (tertiary/aromatic N) is 11. The first kappa shape index (κ1) is 110. The molecule has 3 unspecified atom stereocenters. The zero-order valence-corrected chi connectivity index (χ0v) is 84.5. The van der Waals surface area contributed by atoms with Gasteiger partial charge in [0, 0.05) is 163 Å². The van der Waals surface area contributed by atoms with Crippen LogP contribution in [0.25, 0.3) is 21.5 Å². The number of allylic oxidation sites excluding steroid dienone is 1. The van der Waals surface area contributed by atoms with Gasteiger partial charge in [0.05, 0.1) is 30.5 Å². The van der Waals surface area contributed by atoms with E-state index in [1.807, 2.05) is 173 Å². The summed E-state index contributed by atoms with van der Waals surface area (Å²) in [5, 5.41) is 14.7. The molecular formula is C111H145ClF3N11O8. The molecule has 720 valence electrons. The largest absolute Gasteiger partial charge is 0.490 e. The number of amides is 2. The highest BCUT2D eigenvalue weighted by molar-refractivity contribution is 6.31. The van der Waals surface area contributed by atoms with Gasteiger partial charge in [0.2, 0.25) is 5.88 Å². The summed E-state index contributed by atoms with van der Waals surface area (Å²) in [6, 6.07) is 47.5. The van der Waals surface area contributed by atoms with Crippen molar-refractivity contribution in [2.45, 2.75) is 270 Å². The summed E-state index contributed by atoms with van der Waals surface area (Å²) in [6.07, 6.45) is 17.1. The normalized spacial score (nSPS) is 14.9. The predicted molar refractivity (Wildman–Crippen MR) is 539 cm³/mol. The second kappa shape index (κ2) is 54.3. The summed E-state index contributed by atoms with van der Waals surface area (Å²) in [5.41, 5.74) is 13.1. The molecular weight excluding hydrogens is 1710 g/mol. The number of aryl methyl sites for hydroxylation is 2. The number of ether oxygens (including phenoxy) is 4. The Hall–Kier alpha value is -11.4. The summed E-state index contributed by atoms with van der Waals surface area (Å²) >= 11 is 5.82. The standard InChI is InChI=1S/C17H18N2O.C16H19NO2.C14H20N2O.C13H18N2O.C13H19NO2.C10H13F2N.C10H13F.C9H12ClN.C9H13NO/c1-12(2)17-8-15-7-16(4-3-14(15)10-19-17)20-11-13-5-6-18-9-13;1-4-14(18)10-19-15-6-5-12-9-17-16(11(2)3)8-13(12)7-15;1-10(2)13-8-12(4-6-15-13)14(17)16-7-5-11(3)9-16;1-9(2)12-6-11(4-5-14-12)13(16)15-7-10(3)8-15;1-9(2)13-8-12(5-6-14-13)16-11-4-3-10(15)7-11;1-7(2)8-5-4-6-9(13-8)10(3,11)12;1-7(2)9-6-4-5-8(3)10(9)11;1-6(2)9-5-4-8(10)7(3)11-9;1-7(2)8-5-4-6-9(10-8)11-3/h3-8,10,12H,9,11H2,1-2H3;5-9,11H,4,10H2,1-3H3;4,6,8,10-11H,5,7,9H2,1-3H3;4-6,9-10H,7-8H2,1-3H3;5-6,8-11,15H,3-4,7H2,1-2H3;4-7H,1-3H3;4-7H,1-3H3;4-6H,1-3H3;4-7H,1-3H3. The summed E-state index contributed by atoms with van der Waals surface area (Å²) in [5.74, 6) is 5.34. The second-order valence-electron chi connectivity index (χ2n) is 37.7. The van der Waals surface area contributed by atoms with Crippen LogP contribution < -0.4 is 18.9 Å². The molecule has 134 heavy (non-hydrogen) atoms. The lowest BCUT2D eigenvalue weighted by Gasteiger charge is -2.37. The van der Waals surface area contributed by atoms with Crippen molar-refractivity contribution in [1.82, 2.24) is 49.7 Å². The summed E-state index contributed by atoms with van der Waals surface area (Å²) in [7, 11) is 1.63. The summed E-state index contributed by atoms with van der Waals surface area (Å²) in [4.78, 5) is 77.8. The van der Waals surface area contributed by atoms with Crippen LogP contribution in [0.15, 0.2) is 199 Å². The number of aliphatic imine (C=N–C) groups is 1. The quantitative estimate of drug-likeness (QED) is 0.0665. The van der Waals surface area contributed by atoms with Crippen molar-refractivity contribution in [3.63, 3.8) is 0 Å². The number of methoxy groups -OCH3 is 1.